The van der Waals surface area contributed by atoms with Crippen molar-refractivity contribution in [3.05, 3.63) is 89.7 Å². The molecule has 3 atom stereocenters. The van der Waals surface area contributed by atoms with Crippen molar-refractivity contribution in [1.29, 1.82) is 0 Å². The molecule has 2 aliphatic heterocycles. The highest BCUT2D eigenvalue weighted by Gasteiger charge is 2.49. The van der Waals surface area contributed by atoms with Crippen molar-refractivity contribution in [1.82, 2.24) is 20.1 Å². The molecule has 2 fully saturated rings. The number of urea groups is 1. The maximum Gasteiger partial charge on any atom is 0.321 e. The van der Waals surface area contributed by atoms with Gasteiger partial charge < -0.3 is 20.3 Å². The van der Waals surface area contributed by atoms with E-state index in [1.165, 1.54) is 5.56 Å². The van der Waals surface area contributed by atoms with Gasteiger partial charge in [0.25, 0.3) is 0 Å². The molecule has 0 radical (unpaired) electrons. The first-order valence-electron chi connectivity index (χ1n) is 13.7. The third-order valence-corrected chi connectivity index (χ3v) is 7.67. The number of ether oxygens (including phenoxy) is 1. The number of methoxy groups -OCH3 is 1. The number of amides is 3. The van der Waals surface area contributed by atoms with E-state index in [9.17, 15) is 9.59 Å². The normalized spacial score (nSPS) is 20.4. The summed E-state index contributed by atoms with van der Waals surface area (Å²) < 4.78 is 5.23. The van der Waals surface area contributed by atoms with Gasteiger partial charge in [-0.1, -0.05) is 24.1 Å². The minimum Gasteiger partial charge on any atom is -0.497 e. The van der Waals surface area contributed by atoms with E-state index in [0.717, 1.165) is 42.1 Å². The van der Waals surface area contributed by atoms with Gasteiger partial charge in [-0.05, 0) is 79.4 Å². The molecule has 2 aromatic carbocycles. The molecular weight excluding hydrogens is 502 g/mol. The van der Waals surface area contributed by atoms with E-state index in [1.807, 2.05) is 59.5 Å². The maximum absolute atomic E-state index is 13.3. The average molecular weight is 538 g/mol. The molecule has 0 aliphatic carbocycles. The van der Waals surface area contributed by atoms with Gasteiger partial charge in [0.2, 0.25) is 5.91 Å². The number of nitrogens with one attached hydrogen (secondary N) is 2. The molecule has 1 unspecified atom stereocenters. The number of aromatic nitrogens is 1. The van der Waals surface area contributed by atoms with Crippen LogP contribution in [0.15, 0.2) is 72.9 Å². The van der Waals surface area contributed by atoms with Crippen molar-refractivity contribution in [2.45, 2.75) is 37.8 Å². The quantitative estimate of drug-likeness (QED) is 0.479. The number of nitrogens with zero attached hydrogens (tertiary/aromatic N) is 3. The third kappa shape index (κ3) is 6.44. The van der Waals surface area contributed by atoms with Crippen LogP contribution in [-0.4, -0.2) is 72.1 Å². The average Bonchev–Trinajstić information content (AvgIpc) is 2.96. The van der Waals surface area contributed by atoms with Gasteiger partial charge in [0.05, 0.1) is 7.11 Å². The SMILES string of the molecule is COc1ccc(NC(=O)N2CCCCN3[C@H](CNC(C)=O)C(c4ccc(C#Cc5ccccn5)cc4)[C@@H]3C2)cc1. The Hall–Kier alpha value is -4.35. The van der Waals surface area contributed by atoms with Crippen LogP contribution in [0.5, 0.6) is 5.75 Å². The molecule has 2 N–H and O–H groups in total. The van der Waals surface area contributed by atoms with Gasteiger partial charge in [0, 0.05) is 62.0 Å². The second-order valence-electron chi connectivity index (χ2n) is 10.2. The highest BCUT2D eigenvalue weighted by atomic mass is 16.5. The Labute approximate surface area is 235 Å². The van der Waals surface area contributed by atoms with Crippen molar-refractivity contribution in [2.24, 2.45) is 0 Å². The van der Waals surface area contributed by atoms with E-state index in [-0.39, 0.29) is 29.9 Å². The summed E-state index contributed by atoms with van der Waals surface area (Å²) in [7, 11) is 1.62. The Kier molecular flexibility index (Phi) is 8.62. The minimum atomic E-state index is -0.101. The van der Waals surface area contributed by atoms with Crippen LogP contribution in [0.2, 0.25) is 0 Å². The van der Waals surface area contributed by atoms with E-state index in [1.54, 1.807) is 20.2 Å². The number of carbonyl (C=O) groups excluding carboxylic acids is 2. The monoisotopic (exact) mass is 537 g/mol. The molecule has 8 nitrogen and oxygen atoms in total. The largest absolute Gasteiger partial charge is 0.497 e. The molecule has 1 aromatic heterocycles. The van der Waals surface area contributed by atoms with Gasteiger partial charge in [-0.25, -0.2) is 9.78 Å². The van der Waals surface area contributed by atoms with Gasteiger partial charge in [-0.3, -0.25) is 9.69 Å². The van der Waals surface area contributed by atoms with Crippen LogP contribution < -0.4 is 15.4 Å². The van der Waals surface area contributed by atoms with E-state index in [0.29, 0.717) is 19.6 Å². The topological polar surface area (TPSA) is 86.8 Å². The number of hydrogen-bond donors (Lipinski definition) is 2. The summed E-state index contributed by atoms with van der Waals surface area (Å²) in [6.45, 7) is 4.41. The summed E-state index contributed by atoms with van der Waals surface area (Å²) in [4.78, 5) is 33.8. The second-order valence-corrected chi connectivity index (χ2v) is 10.2. The number of benzene rings is 2. The summed E-state index contributed by atoms with van der Waals surface area (Å²) in [5.41, 5.74) is 3.58. The summed E-state index contributed by atoms with van der Waals surface area (Å²) in [6.07, 6.45) is 3.66. The molecule has 0 bridgehead atoms. The Bertz CT molecular complexity index is 1370. The highest BCUT2D eigenvalue weighted by Crippen LogP contribution is 2.42. The Morgan fingerprint density at radius 1 is 1.00 bits per heavy atom. The molecule has 5 rings (SSSR count). The summed E-state index contributed by atoms with van der Waals surface area (Å²) in [6, 6.07) is 21.6. The Morgan fingerprint density at radius 3 is 2.48 bits per heavy atom. The van der Waals surface area contributed by atoms with Crippen molar-refractivity contribution >= 4 is 17.6 Å². The summed E-state index contributed by atoms with van der Waals surface area (Å²) in [5.74, 6) is 7.20. The van der Waals surface area contributed by atoms with Gasteiger partial charge in [-0.2, -0.15) is 0 Å². The van der Waals surface area contributed by atoms with Crippen LogP contribution in [0.4, 0.5) is 10.5 Å². The molecular formula is C32H35N5O3. The lowest BCUT2D eigenvalue weighted by Crippen LogP contribution is -2.69. The number of carbonyl (C=O) groups is 2. The van der Waals surface area contributed by atoms with Gasteiger partial charge in [-0.15, -0.1) is 0 Å². The smallest absolute Gasteiger partial charge is 0.321 e. The molecule has 0 saturated carbocycles. The fraction of sp³-hybridized carbons (Fsp3) is 0.344. The van der Waals surface area contributed by atoms with E-state index >= 15 is 0 Å². The third-order valence-electron chi connectivity index (χ3n) is 7.67. The number of fused-ring (bicyclic) bond motifs is 1. The van der Waals surface area contributed by atoms with Gasteiger partial charge in [0.1, 0.15) is 11.4 Å². The van der Waals surface area contributed by atoms with Crippen LogP contribution >= 0.6 is 0 Å². The molecule has 2 aliphatic rings. The fourth-order valence-electron chi connectivity index (χ4n) is 5.64. The lowest BCUT2D eigenvalue weighted by molar-refractivity contribution is -0.120. The molecule has 40 heavy (non-hydrogen) atoms. The van der Waals surface area contributed by atoms with Gasteiger partial charge >= 0.3 is 6.03 Å². The zero-order chi connectivity index (χ0) is 27.9. The zero-order valence-corrected chi connectivity index (χ0v) is 23.0. The van der Waals surface area contributed by atoms with Gasteiger partial charge in [0.15, 0.2) is 0 Å². The van der Waals surface area contributed by atoms with Crippen LogP contribution in [0.3, 0.4) is 0 Å². The lowest BCUT2D eigenvalue weighted by Gasteiger charge is -2.57. The van der Waals surface area contributed by atoms with E-state index in [2.05, 4.69) is 44.5 Å². The van der Waals surface area contributed by atoms with Crippen LogP contribution in [0, 0.1) is 11.8 Å². The lowest BCUT2D eigenvalue weighted by atomic mass is 9.73. The van der Waals surface area contributed by atoms with Crippen molar-refractivity contribution in [2.75, 3.05) is 38.6 Å². The zero-order valence-electron chi connectivity index (χ0n) is 23.0. The predicted molar refractivity (Wildman–Crippen MR) is 155 cm³/mol. The number of pyridine rings is 1. The first-order valence-corrected chi connectivity index (χ1v) is 13.7. The van der Waals surface area contributed by atoms with Crippen LogP contribution in [-0.2, 0) is 4.79 Å². The van der Waals surface area contributed by atoms with Crippen molar-refractivity contribution < 1.29 is 14.3 Å². The van der Waals surface area contributed by atoms with Crippen molar-refractivity contribution in [3.63, 3.8) is 0 Å². The summed E-state index contributed by atoms with van der Waals surface area (Å²) >= 11 is 0. The first-order chi connectivity index (χ1) is 19.5. The Balaban J connectivity index is 1.34. The van der Waals surface area contributed by atoms with E-state index < -0.39 is 0 Å². The molecule has 8 heteroatoms. The van der Waals surface area contributed by atoms with E-state index in [4.69, 9.17) is 4.74 Å². The maximum atomic E-state index is 13.3. The minimum absolute atomic E-state index is 0.0325. The number of hydrogen-bond acceptors (Lipinski definition) is 5. The van der Waals surface area contributed by atoms with Crippen LogP contribution in [0.25, 0.3) is 0 Å². The molecule has 206 valence electrons. The molecule has 0 spiro atoms. The molecule has 3 heterocycles. The predicted octanol–water partition coefficient (Wildman–Crippen LogP) is 4.09. The first kappa shape index (κ1) is 27.2. The molecule has 3 amide bonds. The Morgan fingerprint density at radius 2 is 1.77 bits per heavy atom. The second kappa shape index (κ2) is 12.7. The number of anilines is 1. The molecule has 3 aromatic rings. The standard InChI is InChI=1S/C32H35N5O3/c1-23(38)34-21-29-31(25-11-8-24(9-12-25)10-13-26-7-3-4-18-33-26)30-22-36(19-5-6-20-37(29)30)32(39)35-27-14-16-28(40-2)17-15-27/h3-4,7-9,11-12,14-18,29-31H,5-6,19-22H2,1-2H3,(H,34,38)(H,35,39)/t29-,30+,31?/m1/s1. The van der Waals surface area contributed by atoms with Crippen molar-refractivity contribution in [3.8, 4) is 17.6 Å². The summed E-state index contributed by atoms with van der Waals surface area (Å²) in [5, 5.41) is 6.08. The fourth-order valence-corrected chi connectivity index (χ4v) is 5.64. The molecule has 2 saturated heterocycles. The van der Waals surface area contributed by atoms with Crippen LogP contribution in [0.1, 0.15) is 42.5 Å². The number of rotatable bonds is 5. The highest BCUT2D eigenvalue weighted by molar-refractivity contribution is 5.89.